The van der Waals surface area contributed by atoms with E-state index in [9.17, 15) is 4.79 Å². The Morgan fingerprint density at radius 1 is 1.47 bits per heavy atom. The number of aromatic nitrogens is 2. The summed E-state index contributed by atoms with van der Waals surface area (Å²) in [5.41, 5.74) is 5.59. The van der Waals surface area contributed by atoms with Crippen LogP contribution in [-0.2, 0) is 11.3 Å². The van der Waals surface area contributed by atoms with Crippen LogP contribution >= 0.6 is 0 Å². The molecule has 3 heterocycles. The first-order valence-corrected chi connectivity index (χ1v) is 7.05. The molecule has 0 saturated carbocycles. The molecule has 6 heteroatoms. The van der Waals surface area contributed by atoms with Crippen LogP contribution in [-0.4, -0.2) is 46.3 Å². The van der Waals surface area contributed by atoms with Crippen molar-refractivity contribution >= 4 is 11.7 Å². The fraction of sp³-hybridized carbons (Fsp3) is 0.692. The summed E-state index contributed by atoms with van der Waals surface area (Å²) < 4.78 is 1.88. The van der Waals surface area contributed by atoms with E-state index in [1.807, 2.05) is 16.9 Å². The van der Waals surface area contributed by atoms with Gasteiger partial charge in [-0.25, -0.2) is 0 Å². The number of nitrogens with two attached hydrogens (primary N) is 1. The number of nitrogens with one attached hydrogen (secondary N) is 1. The van der Waals surface area contributed by atoms with Gasteiger partial charge in [-0.3, -0.25) is 14.4 Å². The maximum atomic E-state index is 11.7. The molecule has 2 unspecified atom stereocenters. The molecular formula is C13H21N5O. The van der Waals surface area contributed by atoms with Crippen LogP contribution in [0.4, 0.5) is 5.82 Å². The molecule has 2 aliphatic heterocycles. The molecule has 6 nitrogen and oxygen atoms in total. The first-order chi connectivity index (χ1) is 9.24. The van der Waals surface area contributed by atoms with Gasteiger partial charge >= 0.3 is 0 Å². The highest BCUT2D eigenvalue weighted by Crippen LogP contribution is 2.27. The first kappa shape index (κ1) is 12.5. The molecule has 2 aliphatic rings. The van der Waals surface area contributed by atoms with Gasteiger partial charge in [0.15, 0.2) is 0 Å². The van der Waals surface area contributed by atoms with Gasteiger partial charge < -0.3 is 11.1 Å². The molecule has 0 spiro atoms. The second-order valence-corrected chi connectivity index (χ2v) is 5.45. The van der Waals surface area contributed by atoms with Crippen LogP contribution in [0.5, 0.6) is 0 Å². The third kappa shape index (κ3) is 2.58. The highest BCUT2D eigenvalue weighted by Gasteiger charge is 2.40. The lowest BCUT2D eigenvalue weighted by Crippen LogP contribution is -2.46. The van der Waals surface area contributed by atoms with E-state index in [-0.39, 0.29) is 11.8 Å². The van der Waals surface area contributed by atoms with Crippen molar-refractivity contribution in [3.63, 3.8) is 0 Å². The fourth-order valence-corrected chi connectivity index (χ4v) is 3.26. The lowest BCUT2D eigenvalue weighted by molar-refractivity contribution is -0.124. The van der Waals surface area contributed by atoms with Gasteiger partial charge in [0.05, 0.1) is 5.92 Å². The number of nitrogens with zero attached hydrogens (tertiary/aromatic N) is 3. The minimum Gasteiger partial charge on any atom is -0.382 e. The SMILES string of the molecule is Nc1ccn(CCCN2CCCC3C(=O)NCC32)n1. The van der Waals surface area contributed by atoms with Crippen molar-refractivity contribution in [2.24, 2.45) is 5.92 Å². The van der Waals surface area contributed by atoms with Crippen LogP contribution in [0.2, 0.25) is 0 Å². The Labute approximate surface area is 112 Å². The van der Waals surface area contributed by atoms with Crippen LogP contribution in [0, 0.1) is 5.92 Å². The second-order valence-electron chi connectivity index (χ2n) is 5.45. The van der Waals surface area contributed by atoms with Crippen molar-refractivity contribution in [1.29, 1.82) is 0 Å². The Hall–Kier alpha value is -1.56. The summed E-state index contributed by atoms with van der Waals surface area (Å²) in [4.78, 5) is 14.1. The summed E-state index contributed by atoms with van der Waals surface area (Å²) >= 11 is 0. The normalized spacial score (nSPS) is 27.3. The smallest absolute Gasteiger partial charge is 0.224 e. The van der Waals surface area contributed by atoms with E-state index in [4.69, 9.17) is 5.73 Å². The molecule has 1 aromatic rings. The van der Waals surface area contributed by atoms with E-state index in [2.05, 4.69) is 15.3 Å². The van der Waals surface area contributed by atoms with Crippen molar-refractivity contribution in [3.05, 3.63) is 12.3 Å². The Morgan fingerprint density at radius 2 is 2.37 bits per heavy atom. The number of rotatable bonds is 4. The first-order valence-electron chi connectivity index (χ1n) is 7.05. The number of carbonyl (C=O) groups excluding carboxylic acids is 1. The summed E-state index contributed by atoms with van der Waals surface area (Å²) in [7, 11) is 0. The lowest BCUT2D eigenvalue weighted by Gasteiger charge is -2.35. The number of nitrogen functional groups attached to an aromatic ring is 1. The highest BCUT2D eigenvalue weighted by molar-refractivity contribution is 5.82. The van der Waals surface area contributed by atoms with E-state index in [0.717, 1.165) is 45.4 Å². The van der Waals surface area contributed by atoms with Gasteiger partial charge in [0, 0.05) is 31.9 Å². The van der Waals surface area contributed by atoms with E-state index >= 15 is 0 Å². The quantitative estimate of drug-likeness (QED) is 0.806. The predicted molar refractivity (Wildman–Crippen MR) is 72.4 cm³/mol. The monoisotopic (exact) mass is 263 g/mol. The van der Waals surface area contributed by atoms with Gasteiger partial charge in [-0.05, 0) is 31.9 Å². The van der Waals surface area contributed by atoms with E-state index in [1.54, 1.807) is 0 Å². The number of fused-ring (bicyclic) bond motifs is 1. The number of piperidine rings is 1. The van der Waals surface area contributed by atoms with Crippen molar-refractivity contribution in [2.45, 2.75) is 31.8 Å². The molecule has 0 aromatic carbocycles. The zero-order chi connectivity index (χ0) is 13.2. The Balaban J connectivity index is 1.51. The highest BCUT2D eigenvalue weighted by atomic mass is 16.2. The zero-order valence-electron chi connectivity index (χ0n) is 11.1. The number of aryl methyl sites for hydroxylation is 1. The topological polar surface area (TPSA) is 76.2 Å². The van der Waals surface area contributed by atoms with E-state index < -0.39 is 0 Å². The lowest BCUT2D eigenvalue weighted by atomic mass is 9.91. The standard InChI is InChI=1S/C13H21N5O/c14-12-4-8-18(16-12)7-2-6-17-5-1-3-10-11(17)9-15-13(10)19/h4,8,10-11H,1-3,5-7,9H2,(H2,14,16)(H,15,19). The maximum Gasteiger partial charge on any atom is 0.224 e. The van der Waals surface area contributed by atoms with E-state index in [1.165, 1.54) is 0 Å². The van der Waals surface area contributed by atoms with Gasteiger partial charge in [0.1, 0.15) is 5.82 Å². The number of hydrogen-bond acceptors (Lipinski definition) is 4. The van der Waals surface area contributed by atoms with Crippen LogP contribution in [0.15, 0.2) is 12.3 Å². The van der Waals surface area contributed by atoms with Crippen molar-refractivity contribution < 1.29 is 4.79 Å². The Bertz CT molecular complexity index is 458. The maximum absolute atomic E-state index is 11.7. The van der Waals surface area contributed by atoms with Crippen LogP contribution in [0.3, 0.4) is 0 Å². The van der Waals surface area contributed by atoms with Crippen LogP contribution in [0.1, 0.15) is 19.3 Å². The predicted octanol–water partition coefficient (Wildman–Crippen LogP) is 0.0658. The molecule has 3 rings (SSSR count). The molecule has 1 aromatic heterocycles. The largest absolute Gasteiger partial charge is 0.382 e. The molecule has 2 atom stereocenters. The average Bonchev–Trinajstić information content (AvgIpc) is 2.98. The third-order valence-corrected chi connectivity index (χ3v) is 4.21. The van der Waals surface area contributed by atoms with Crippen molar-refractivity contribution in [2.75, 3.05) is 25.4 Å². The summed E-state index contributed by atoms with van der Waals surface area (Å²) in [6, 6.07) is 2.22. The summed E-state index contributed by atoms with van der Waals surface area (Å²) in [5, 5.41) is 7.17. The molecule has 3 N–H and O–H groups in total. The molecule has 2 saturated heterocycles. The van der Waals surface area contributed by atoms with E-state index in [0.29, 0.717) is 11.9 Å². The minimum absolute atomic E-state index is 0.217. The Kier molecular flexibility index (Phi) is 3.42. The van der Waals surface area contributed by atoms with Gasteiger partial charge in [-0.15, -0.1) is 0 Å². The number of carbonyl (C=O) groups is 1. The zero-order valence-corrected chi connectivity index (χ0v) is 11.1. The van der Waals surface area contributed by atoms with Crippen molar-refractivity contribution in [3.8, 4) is 0 Å². The number of hydrogen-bond donors (Lipinski definition) is 2. The molecule has 1 amide bonds. The summed E-state index contributed by atoms with van der Waals surface area (Å²) in [6.07, 6.45) is 5.12. The minimum atomic E-state index is 0.217. The summed E-state index contributed by atoms with van der Waals surface area (Å²) in [6.45, 7) is 3.83. The van der Waals surface area contributed by atoms with Crippen molar-refractivity contribution in [1.82, 2.24) is 20.0 Å². The molecule has 19 heavy (non-hydrogen) atoms. The molecule has 2 fully saturated rings. The molecule has 104 valence electrons. The fourth-order valence-electron chi connectivity index (χ4n) is 3.26. The van der Waals surface area contributed by atoms with Crippen LogP contribution in [0.25, 0.3) is 0 Å². The number of anilines is 1. The molecule has 0 bridgehead atoms. The number of likely N-dealkylation sites (tertiary alicyclic amines) is 1. The van der Waals surface area contributed by atoms with Crippen LogP contribution < -0.4 is 11.1 Å². The Morgan fingerprint density at radius 3 is 3.16 bits per heavy atom. The summed E-state index contributed by atoms with van der Waals surface area (Å²) in [5.74, 6) is 1.03. The second kappa shape index (κ2) is 5.21. The van der Waals surface area contributed by atoms with Gasteiger partial charge in [-0.1, -0.05) is 0 Å². The average molecular weight is 263 g/mol. The molecule has 0 aliphatic carbocycles. The van der Waals surface area contributed by atoms with Gasteiger partial charge in [0.2, 0.25) is 5.91 Å². The molecule has 0 radical (unpaired) electrons. The van der Waals surface area contributed by atoms with Gasteiger partial charge in [0.25, 0.3) is 0 Å². The third-order valence-electron chi connectivity index (χ3n) is 4.21. The number of amides is 1. The molecular weight excluding hydrogens is 242 g/mol. The van der Waals surface area contributed by atoms with Gasteiger partial charge in [-0.2, -0.15) is 5.10 Å².